The third-order valence-corrected chi connectivity index (χ3v) is 1.87. The van der Waals surface area contributed by atoms with Gasteiger partial charge in [0.1, 0.15) is 5.38 Å². The van der Waals surface area contributed by atoms with Crippen LogP contribution in [0.15, 0.2) is 0 Å². The molecule has 0 aliphatic carbocycles. The van der Waals surface area contributed by atoms with Gasteiger partial charge in [-0.15, -0.1) is 11.6 Å². The Hall–Kier alpha value is -0.980. The fourth-order valence-electron chi connectivity index (χ4n) is 0.830. The molecule has 2 atom stereocenters. The molecular weight excluding hydrogens is 213 g/mol. The molecule has 1 fully saturated rings. The number of hydrogen-bond donors (Lipinski definition) is 2. The van der Waals surface area contributed by atoms with Crippen LogP contribution >= 0.6 is 11.6 Å². The van der Waals surface area contributed by atoms with Gasteiger partial charge in [-0.25, -0.2) is 4.79 Å². The first-order valence-electron chi connectivity index (χ1n) is 3.14. The number of nitrogens with one attached hydrogen (secondary N) is 2. The third kappa shape index (κ3) is 2.03. The Morgan fingerprint density at radius 2 is 1.85 bits per heavy atom. The van der Waals surface area contributed by atoms with Gasteiger partial charge in [-0.05, 0) is 0 Å². The first kappa shape index (κ1) is 10.1. The predicted octanol–water partition coefficient (Wildman–Crippen LogP) is 0.364. The lowest BCUT2D eigenvalue weighted by atomic mass is 10.1. The van der Waals surface area contributed by atoms with E-state index in [0.29, 0.717) is 0 Å². The molecule has 0 bridgehead atoms. The Bertz CT molecular complexity index is 255. The van der Waals surface area contributed by atoms with E-state index in [0.717, 1.165) is 0 Å². The molecule has 8 heteroatoms. The predicted molar refractivity (Wildman–Crippen MR) is 36.2 cm³/mol. The molecular formula is C5H4ClF3N2O2. The molecule has 74 valence electrons. The first-order valence-corrected chi connectivity index (χ1v) is 3.58. The molecule has 0 aromatic heterocycles. The lowest BCUT2D eigenvalue weighted by Gasteiger charge is -2.28. The number of urea groups is 1. The Morgan fingerprint density at radius 1 is 1.31 bits per heavy atom. The number of alkyl halides is 4. The molecule has 1 aliphatic rings. The van der Waals surface area contributed by atoms with Crippen LogP contribution in [0.25, 0.3) is 0 Å². The van der Waals surface area contributed by atoms with E-state index >= 15 is 0 Å². The monoisotopic (exact) mass is 216 g/mol. The molecule has 13 heavy (non-hydrogen) atoms. The molecule has 0 spiro atoms. The minimum absolute atomic E-state index is 1.15. The van der Waals surface area contributed by atoms with E-state index in [2.05, 4.69) is 0 Å². The van der Waals surface area contributed by atoms with Crippen LogP contribution in [0.1, 0.15) is 0 Å². The van der Waals surface area contributed by atoms with Crippen molar-refractivity contribution in [3.63, 3.8) is 0 Å². The van der Waals surface area contributed by atoms with E-state index in [9.17, 15) is 22.8 Å². The fraction of sp³-hybridized carbons (Fsp3) is 0.600. The number of halogens is 4. The molecule has 0 aromatic rings. The lowest BCUT2D eigenvalue weighted by molar-refractivity contribution is -0.160. The van der Waals surface area contributed by atoms with Crippen molar-refractivity contribution in [2.75, 3.05) is 0 Å². The molecule has 0 aromatic carbocycles. The van der Waals surface area contributed by atoms with E-state index in [1.54, 1.807) is 5.32 Å². The van der Waals surface area contributed by atoms with Crippen molar-refractivity contribution in [3.05, 3.63) is 0 Å². The van der Waals surface area contributed by atoms with Gasteiger partial charge >= 0.3 is 12.2 Å². The van der Waals surface area contributed by atoms with Crippen molar-refractivity contribution in [3.8, 4) is 0 Å². The van der Waals surface area contributed by atoms with Crippen molar-refractivity contribution in [1.29, 1.82) is 0 Å². The molecule has 2 unspecified atom stereocenters. The summed E-state index contributed by atoms with van der Waals surface area (Å²) in [6.07, 6.45) is -4.72. The van der Waals surface area contributed by atoms with Gasteiger partial charge in [0.15, 0.2) is 6.04 Å². The molecule has 1 saturated heterocycles. The molecule has 2 N–H and O–H groups in total. The van der Waals surface area contributed by atoms with Crippen LogP contribution in [0, 0.1) is 0 Å². The van der Waals surface area contributed by atoms with Gasteiger partial charge in [-0.2, -0.15) is 13.2 Å². The molecule has 1 rings (SSSR count). The van der Waals surface area contributed by atoms with E-state index in [-0.39, 0.29) is 0 Å². The van der Waals surface area contributed by atoms with Crippen molar-refractivity contribution >= 4 is 23.5 Å². The van der Waals surface area contributed by atoms with Crippen molar-refractivity contribution < 1.29 is 22.8 Å². The summed E-state index contributed by atoms with van der Waals surface area (Å²) in [4.78, 5) is 21.1. The highest BCUT2D eigenvalue weighted by Gasteiger charge is 2.50. The van der Waals surface area contributed by atoms with Crippen molar-refractivity contribution in [2.24, 2.45) is 0 Å². The Labute approximate surface area is 75.4 Å². The highest BCUT2D eigenvalue weighted by molar-refractivity contribution is 6.33. The number of carbonyl (C=O) groups is 2. The topological polar surface area (TPSA) is 58.2 Å². The van der Waals surface area contributed by atoms with Crippen LogP contribution in [0.2, 0.25) is 0 Å². The maximum atomic E-state index is 12.1. The average molecular weight is 217 g/mol. The summed E-state index contributed by atoms with van der Waals surface area (Å²) in [5.41, 5.74) is 0. The van der Waals surface area contributed by atoms with E-state index in [1.807, 2.05) is 0 Å². The summed E-state index contributed by atoms with van der Waals surface area (Å²) < 4.78 is 36.2. The van der Waals surface area contributed by atoms with Crippen LogP contribution in [-0.4, -0.2) is 29.5 Å². The van der Waals surface area contributed by atoms with E-state index < -0.39 is 29.5 Å². The van der Waals surface area contributed by atoms with Gasteiger partial charge in [0.2, 0.25) is 5.91 Å². The molecule has 4 nitrogen and oxygen atoms in total. The second kappa shape index (κ2) is 3.06. The largest absolute Gasteiger partial charge is 0.410 e. The van der Waals surface area contributed by atoms with Gasteiger partial charge in [0, 0.05) is 0 Å². The molecule has 1 heterocycles. The summed E-state index contributed by atoms with van der Waals surface area (Å²) >= 11 is 5.14. The number of amides is 3. The van der Waals surface area contributed by atoms with E-state index in [1.165, 1.54) is 5.32 Å². The van der Waals surface area contributed by atoms with Crippen molar-refractivity contribution in [1.82, 2.24) is 10.6 Å². The van der Waals surface area contributed by atoms with Crippen LogP contribution in [0.5, 0.6) is 0 Å². The van der Waals surface area contributed by atoms with Crippen LogP contribution in [-0.2, 0) is 4.79 Å². The van der Waals surface area contributed by atoms with E-state index in [4.69, 9.17) is 11.6 Å². The highest BCUT2D eigenvalue weighted by Crippen LogP contribution is 2.26. The number of hydrogen-bond acceptors (Lipinski definition) is 2. The van der Waals surface area contributed by atoms with Gasteiger partial charge in [0.05, 0.1) is 0 Å². The normalized spacial score (nSPS) is 29.5. The van der Waals surface area contributed by atoms with Crippen molar-refractivity contribution in [2.45, 2.75) is 17.6 Å². The Kier molecular flexibility index (Phi) is 2.38. The summed E-state index contributed by atoms with van der Waals surface area (Å²) in [5.74, 6) is -1.15. The maximum absolute atomic E-state index is 12.1. The second-order valence-corrected chi connectivity index (χ2v) is 2.85. The van der Waals surface area contributed by atoms with Crippen LogP contribution in [0.4, 0.5) is 18.0 Å². The number of rotatable bonds is 0. The second-order valence-electron chi connectivity index (χ2n) is 2.38. The summed E-state index contributed by atoms with van der Waals surface area (Å²) in [6.45, 7) is 0. The zero-order valence-corrected chi connectivity index (χ0v) is 6.74. The van der Waals surface area contributed by atoms with Gasteiger partial charge in [0.25, 0.3) is 0 Å². The van der Waals surface area contributed by atoms with Gasteiger partial charge in [-0.3, -0.25) is 10.1 Å². The zero-order chi connectivity index (χ0) is 10.2. The summed E-state index contributed by atoms with van der Waals surface area (Å²) in [7, 11) is 0. The zero-order valence-electron chi connectivity index (χ0n) is 5.98. The molecule has 0 saturated carbocycles. The third-order valence-electron chi connectivity index (χ3n) is 1.42. The maximum Gasteiger partial charge on any atom is 0.410 e. The van der Waals surface area contributed by atoms with Crippen LogP contribution < -0.4 is 10.6 Å². The fourth-order valence-corrected chi connectivity index (χ4v) is 1.09. The Morgan fingerprint density at radius 3 is 2.31 bits per heavy atom. The number of carbonyl (C=O) groups excluding carboxylic acids is 2. The smallest absolute Gasteiger partial charge is 0.324 e. The average Bonchev–Trinajstić information content (AvgIpc) is 1.94. The SMILES string of the molecule is O=C1NC(=O)C(Cl)C(C(F)(F)F)N1. The Balaban J connectivity index is 2.84. The summed E-state index contributed by atoms with van der Waals surface area (Å²) in [6, 6.07) is -3.51. The first-order chi connectivity index (χ1) is 5.82. The highest BCUT2D eigenvalue weighted by atomic mass is 35.5. The van der Waals surface area contributed by atoms with Gasteiger partial charge in [-0.1, -0.05) is 0 Å². The molecule has 3 amide bonds. The van der Waals surface area contributed by atoms with Crippen LogP contribution in [0.3, 0.4) is 0 Å². The quantitative estimate of drug-likeness (QED) is 0.575. The number of imide groups is 1. The molecule has 1 aliphatic heterocycles. The minimum Gasteiger partial charge on any atom is -0.324 e. The molecule has 0 radical (unpaired) electrons. The summed E-state index contributed by atoms with van der Waals surface area (Å²) in [5, 5.41) is 1.30. The van der Waals surface area contributed by atoms with Gasteiger partial charge < -0.3 is 5.32 Å². The lowest BCUT2D eigenvalue weighted by Crippen LogP contribution is -2.64. The minimum atomic E-state index is -4.72. The standard InChI is InChI=1S/C5H4ClF3N2O2/c6-1-2(5(7,8)9)10-4(13)11-3(1)12/h1-2H,(H2,10,11,12,13).